The molecule has 11 aromatic rings. The molecule has 0 radical (unpaired) electrons. The van der Waals surface area contributed by atoms with Crippen LogP contribution in [0.25, 0.3) is 20.2 Å². The molecule has 16 rings (SSSR count). The Morgan fingerprint density at radius 2 is 1.01 bits per heavy atom. The van der Waals surface area contributed by atoms with Gasteiger partial charge in [0.1, 0.15) is 23.0 Å². The molecular formula is C63H44B3N3O2S2. The van der Waals surface area contributed by atoms with E-state index in [9.17, 15) is 0 Å². The van der Waals surface area contributed by atoms with Crippen LogP contribution in [0, 0.1) is 34.6 Å². The topological polar surface area (TPSA) is 37.0 Å². The van der Waals surface area contributed by atoms with Crippen LogP contribution in [0.1, 0.15) is 27.8 Å². The molecule has 0 unspecified atom stereocenters. The minimum atomic E-state index is -0.126. The molecule has 10 heteroatoms. The van der Waals surface area contributed by atoms with Crippen LogP contribution in [0.5, 0.6) is 23.0 Å². The molecule has 0 saturated heterocycles. The van der Waals surface area contributed by atoms with E-state index < -0.39 is 0 Å². The summed E-state index contributed by atoms with van der Waals surface area (Å²) < 4.78 is 19.4. The van der Waals surface area contributed by atoms with Crippen LogP contribution >= 0.6 is 22.7 Å². The average molecular weight is 972 g/mol. The normalized spacial score (nSPS) is 14.0. The Kier molecular flexibility index (Phi) is 8.61. The first-order valence-corrected chi connectivity index (χ1v) is 27.0. The molecule has 5 aliphatic rings. The second-order valence-corrected chi connectivity index (χ2v) is 22.9. The van der Waals surface area contributed by atoms with Gasteiger partial charge in [-0.2, -0.15) is 0 Å². The molecule has 9 aromatic carbocycles. The summed E-state index contributed by atoms with van der Waals surface area (Å²) in [5, 5.41) is 6.38. The summed E-state index contributed by atoms with van der Waals surface area (Å²) in [5.41, 5.74) is 24.3. The molecule has 0 bridgehead atoms. The highest BCUT2D eigenvalue weighted by Gasteiger charge is 2.48. The molecule has 344 valence electrons. The molecule has 0 spiro atoms. The molecule has 0 atom stereocenters. The van der Waals surface area contributed by atoms with E-state index in [1.54, 1.807) is 0 Å². The average Bonchev–Trinajstić information content (AvgIpc) is 4.01. The fraction of sp³-hybridized carbons (Fsp3) is 0.0794. The van der Waals surface area contributed by atoms with Gasteiger partial charge in [0.25, 0.3) is 20.1 Å². The van der Waals surface area contributed by atoms with E-state index in [0.29, 0.717) is 0 Å². The number of thiophene rings is 2. The van der Waals surface area contributed by atoms with Gasteiger partial charge < -0.3 is 24.6 Å². The summed E-state index contributed by atoms with van der Waals surface area (Å²) in [5.74, 6) is 3.71. The standard InChI is InChI=1S/C63H44B3N3O2S2/c1-34-24-38(5)57-50(26-34)69(40-18-10-7-11-19-40)60-41-20-12-14-22-55(41)72-62(60)65(57)43-31-45-49(30-37(43)4)68(39-16-8-6-9-17-39)51-27-36(3)29-54-59(51)64(45)46-32-44-47(33-52(46)70-54)67-48-25-35(2)28-53-58(48)66(44)63-61(71-53)42-21-13-15-23-56(42)73-63/h6-33,67H,1-5H3. The molecule has 5 aliphatic heterocycles. The molecule has 2 aromatic heterocycles. The fourth-order valence-corrected chi connectivity index (χ4v) is 15.9. The lowest BCUT2D eigenvalue weighted by atomic mass is 9.30. The Bertz CT molecular complexity index is 4250. The van der Waals surface area contributed by atoms with Crippen LogP contribution in [0.15, 0.2) is 170 Å². The van der Waals surface area contributed by atoms with E-state index in [4.69, 9.17) is 9.47 Å². The number of anilines is 8. The number of aryl methyl sites for hydroxylation is 5. The van der Waals surface area contributed by atoms with Crippen molar-refractivity contribution in [3.8, 4) is 23.0 Å². The lowest BCUT2D eigenvalue weighted by molar-refractivity contribution is 0.487. The van der Waals surface area contributed by atoms with Crippen molar-refractivity contribution in [1.29, 1.82) is 0 Å². The number of nitrogens with zero attached hydrogens (tertiary/aromatic N) is 2. The quantitative estimate of drug-likeness (QED) is 0.179. The molecule has 5 nitrogen and oxygen atoms in total. The summed E-state index contributed by atoms with van der Waals surface area (Å²) in [4.78, 5) is 5.05. The van der Waals surface area contributed by atoms with E-state index in [-0.39, 0.29) is 20.1 Å². The van der Waals surface area contributed by atoms with Gasteiger partial charge in [-0.25, -0.2) is 0 Å². The number of nitrogens with one attached hydrogen (secondary N) is 1. The second-order valence-electron chi connectivity index (χ2n) is 20.8. The zero-order valence-corrected chi connectivity index (χ0v) is 42.6. The largest absolute Gasteiger partial charge is 0.458 e. The monoisotopic (exact) mass is 971 g/mol. The maximum Gasteiger partial charge on any atom is 0.268 e. The van der Waals surface area contributed by atoms with Crippen LogP contribution in [0.2, 0.25) is 0 Å². The fourth-order valence-electron chi connectivity index (χ4n) is 13.3. The molecule has 0 saturated carbocycles. The highest BCUT2D eigenvalue weighted by Crippen LogP contribution is 2.47. The Morgan fingerprint density at radius 3 is 1.78 bits per heavy atom. The summed E-state index contributed by atoms with van der Waals surface area (Å²) in [6.45, 7) is 11.1. The predicted octanol–water partition coefficient (Wildman–Crippen LogP) is 11.0. The van der Waals surface area contributed by atoms with Crippen molar-refractivity contribution in [1.82, 2.24) is 0 Å². The zero-order valence-electron chi connectivity index (χ0n) is 40.9. The second kappa shape index (κ2) is 15.1. The van der Waals surface area contributed by atoms with Gasteiger partial charge in [-0.1, -0.05) is 102 Å². The first kappa shape index (κ1) is 41.7. The highest BCUT2D eigenvalue weighted by molar-refractivity contribution is 7.34. The van der Waals surface area contributed by atoms with Crippen molar-refractivity contribution in [3.05, 3.63) is 198 Å². The summed E-state index contributed by atoms with van der Waals surface area (Å²) in [6, 6.07) is 63.4. The predicted molar refractivity (Wildman–Crippen MR) is 313 cm³/mol. The van der Waals surface area contributed by atoms with E-state index in [0.717, 1.165) is 56.9 Å². The lowest BCUT2D eigenvalue weighted by Gasteiger charge is -2.42. The smallest absolute Gasteiger partial charge is 0.268 e. The Hall–Kier alpha value is -7.91. The van der Waals surface area contributed by atoms with E-state index in [1.165, 1.54) is 107 Å². The number of hydrogen-bond donors (Lipinski definition) is 1. The molecule has 0 aliphatic carbocycles. The number of benzene rings is 9. The minimum Gasteiger partial charge on any atom is -0.458 e. The Morgan fingerprint density at radius 1 is 0.411 bits per heavy atom. The van der Waals surface area contributed by atoms with Crippen LogP contribution in [0.4, 0.5) is 45.5 Å². The van der Waals surface area contributed by atoms with Crippen molar-refractivity contribution in [2.75, 3.05) is 15.1 Å². The Balaban J connectivity index is 0.973. The molecule has 73 heavy (non-hydrogen) atoms. The highest BCUT2D eigenvalue weighted by atomic mass is 32.1. The van der Waals surface area contributed by atoms with Crippen molar-refractivity contribution < 1.29 is 9.47 Å². The van der Waals surface area contributed by atoms with Crippen molar-refractivity contribution in [2.24, 2.45) is 0 Å². The third-order valence-electron chi connectivity index (χ3n) is 16.1. The number of para-hydroxylation sites is 2. The number of hydrogen-bond acceptors (Lipinski definition) is 7. The van der Waals surface area contributed by atoms with E-state index in [2.05, 4.69) is 220 Å². The SMILES string of the molecule is Cc1cc2c3c(c1)Oc1c(sc4ccccc14)B3c1cc3c(cc1N2)Oc1cc(C)cc2c1B3c1cc(B3c4sc5ccccc5c4N(c4ccccc4)c4cc(C)cc(C)c43)c(C)cc1N2c1ccccc1. The van der Waals surface area contributed by atoms with Gasteiger partial charge in [0.15, 0.2) is 0 Å². The van der Waals surface area contributed by atoms with Gasteiger partial charge in [0.05, 0.1) is 5.69 Å². The maximum absolute atomic E-state index is 7.29. The van der Waals surface area contributed by atoms with Crippen molar-refractivity contribution in [3.63, 3.8) is 0 Å². The number of fused-ring (bicyclic) bond motifs is 14. The van der Waals surface area contributed by atoms with Gasteiger partial charge in [-0.3, -0.25) is 0 Å². The van der Waals surface area contributed by atoms with E-state index >= 15 is 0 Å². The van der Waals surface area contributed by atoms with Crippen LogP contribution in [-0.4, -0.2) is 20.1 Å². The van der Waals surface area contributed by atoms with E-state index in [1.807, 2.05) is 22.7 Å². The number of ether oxygens (including phenoxy) is 2. The van der Waals surface area contributed by atoms with Crippen molar-refractivity contribution in [2.45, 2.75) is 34.6 Å². The summed E-state index contributed by atoms with van der Waals surface area (Å²) in [6.07, 6.45) is 0. The van der Waals surface area contributed by atoms with Gasteiger partial charge in [0, 0.05) is 75.6 Å². The molecule has 0 amide bonds. The number of rotatable bonds is 3. The molecule has 0 fully saturated rings. The third kappa shape index (κ3) is 5.82. The van der Waals surface area contributed by atoms with Gasteiger partial charge in [-0.15, -0.1) is 22.7 Å². The lowest BCUT2D eigenvalue weighted by Crippen LogP contribution is -2.64. The zero-order chi connectivity index (χ0) is 48.5. The molecule has 1 N–H and O–H groups in total. The van der Waals surface area contributed by atoms with Gasteiger partial charge in [0.2, 0.25) is 0 Å². The summed E-state index contributed by atoms with van der Waals surface area (Å²) in [7, 11) is 0. The first-order valence-electron chi connectivity index (χ1n) is 25.3. The van der Waals surface area contributed by atoms with Crippen LogP contribution in [-0.2, 0) is 0 Å². The molecular weight excluding hydrogens is 927 g/mol. The van der Waals surface area contributed by atoms with Crippen LogP contribution in [0.3, 0.4) is 0 Å². The molecule has 7 heterocycles. The van der Waals surface area contributed by atoms with Gasteiger partial charge in [-0.05, 0) is 163 Å². The Labute approximate surface area is 433 Å². The van der Waals surface area contributed by atoms with Crippen LogP contribution < -0.4 is 72.4 Å². The summed E-state index contributed by atoms with van der Waals surface area (Å²) >= 11 is 3.81. The minimum absolute atomic E-state index is 0.0173. The first-order chi connectivity index (χ1) is 35.7. The van der Waals surface area contributed by atoms with Gasteiger partial charge >= 0.3 is 0 Å². The third-order valence-corrected chi connectivity index (χ3v) is 18.6. The van der Waals surface area contributed by atoms with Crippen molar-refractivity contribution >= 4 is 156 Å². The maximum atomic E-state index is 7.29.